The van der Waals surface area contributed by atoms with E-state index < -0.39 is 21.3 Å². The van der Waals surface area contributed by atoms with Crippen LogP contribution in [0.3, 0.4) is 0 Å². The zero-order valence-electron chi connectivity index (χ0n) is 16.5. The molecule has 0 radical (unpaired) electrons. The smallest absolute Gasteiger partial charge is 0.191 e. The van der Waals surface area contributed by atoms with E-state index in [0.29, 0.717) is 25.3 Å². The molecule has 154 valence electrons. The van der Waals surface area contributed by atoms with E-state index >= 15 is 0 Å². The van der Waals surface area contributed by atoms with Crippen molar-refractivity contribution in [2.45, 2.75) is 57.0 Å². The van der Waals surface area contributed by atoms with Crippen molar-refractivity contribution in [3.8, 4) is 0 Å². The number of nitrogens with one attached hydrogen (secondary N) is 2. The van der Waals surface area contributed by atoms with E-state index in [1.54, 1.807) is 0 Å². The molecule has 0 amide bonds. The van der Waals surface area contributed by atoms with Gasteiger partial charge in [-0.15, -0.1) is 0 Å². The second-order valence-electron chi connectivity index (χ2n) is 6.60. The molecule has 0 aliphatic rings. The molecule has 0 saturated carbocycles. The first-order chi connectivity index (χ1) is 12.8. The number of benzene rings is 1. The molecule has 1 aromatic carbocycles. The molecule has 6 nitrogen and oxygen atoms in total. The van der Waals surface area contributed by atoms with Crippen molar-refractivity contribution < 1.29 is 17.9 Å². The Hall–Kier alpha value is -1.67. The third kappa shape index (κ3) is 7.84. The van der Waals surface area contributed by atoms with Gasteiger partial charge >= 0.3 is 0 Å². The summed E-state index contributed by atoms with van der Waals surface area (Å²) in [5.74, 6) is -0.568. The number of guanidine groups is 1. The van der Waals surface area contributed by atoms with Gasteiger partial charge in [0.05, 0.1) is 17.9 Å². The van der Waals surface area contributed by atoms with E-state index in [9.17, 15) is 17.9 Å². The fraction of sp³-hybridized carbons (Fsp3) is 0.632. The van der Waals surface area contributed by atoms with E-state index in [-0.39, 0.29) is 23.7 Å². The highest BCUT2D eigenvalue weighted by molar-refractivity contribution is 7.91. The number of hydrogen-bond donors (Lipinski definition) is 3. The highest BCUT2D eigenvalue weighted by Gasteiger charge is 2.24. The van der Waals surface area contributed by atoms with Crippen LogP contribution in [0.25, 0.3) is 0 Å². The maximum Gasteiger partial charge on any atom is 0.191 e. The van der Waals surface area contributed by atoms with Gasteiger partial charge in [-0.2, -0.15) is 0 Å². The number of hydrogen-bond acceptors (Lipinski definition) is 4. The van der Waals surface area contributed by atoms with Crippen molar-refractivity contribution in [1.29, 1.82) is 0 Å². The van der Waals surface area contributed by atoms with Crippen molar-refractivity contribution in [3.63, 3.8) is 0 Å². The molecule has 1 aromatic rings. The molecule has 0 heterocycles. The number of sulfone groups is 1. The maximum absolute atomic E-state index is 13.7. The van der Waals surface area contributed by atoms with E-state index in [0.717, 1.165) is 18.9 Å². The summed E-state index contributed by atoms with van der Waals surface area (Å²) in [6, 6.07) is 5.35. The Morgan fingerprint density at radius 1 is 1.15 bits per heavy atom. The van der Waals surface area contributed by atoms with Crippen molar-refractivity contribution in [2.24, 2.45) is 4.99 Å². The van der Waals surface area contributed by atoms with Crippen LogP contribution in [0.4, 0.5) is 4.39 Å². The average Bonchev–Trinajstić information content (AvgIpc) is 2.60. The Morgan fingerprint density at radius 2 is 1.78 bits per heavy atom. The molecule has 0 atom stereocenters. The SMILES string of the molecule is CCCC(O)(CCC)CN=C(NCC)NCCS(=O)(=O)c1ccccc1F. The van der Waals surface area contributed by atoms with E-state index in [1.807, 2.05) is 20.8 Å². The summed E-state index contributed by atoms with van der Waals surface area (Å²) >= 11 is 0. The van der Waals surface area contributed by atoms with Crippen LogP contribution in [0.2, 0.25) is 0 Å². The van der Waals surface area contributed by atoms with Gasteiger partial charge in [-0.05, 0) is 31.9 Å². The zero-order chi connectivity index (χ0) is 20.3. The van der Waals surface area contributed by atoms with Gasteiger partial charge in [0, 0.05) is 13.1 Å². The Balaban J connectivity index is 2.73. The molecule has 0 fully saturated rings. The largest absolute Gasteiger partial charge is 0.388 e. The van der Waals surface area contributed by atoms with Crippen LogP contribution < -0.4 is 10.6 Å². The minimum Gasteiger partial charge on any atom is -0.388 e. The number of nitrogens with zero attached hydrogens (tertiary/aromatic N) is 1. The Bertz CT molecular complexity index is 702. The first-order valence-electron chi connectivity index (χ1n) is 9.49. The minimum atomic E-state index is -3.73. The van der Waals surface area contributed by atoms with Crippen molar-refractivity contribution in [1.82, 2.24) is 10.6 Å². The summed E-state index contributed by atoms with van der Waals surface area (Å²) in [5, 5.41) is 16.6. The van der Waals surface area contributed by atoms with Gasteiger partial charge in [0.15, 0.2) is 15.8 Å². The third-order valence-electron chi connectivity index (χ3n) is 4.14. The number of halogens is 1. The first-order valence-corrected chi connectivity index (χ1v) is 11.1. The van der Waals surface area contributed by atoms with Gasteiger partial charge in [-0.25, -0.2) is 12.8 Å². The Kier molecular flexibility index (Phi) is 9.73. The highest BCUT2D eigenvalue weighted by Crippen LogP contribution is 2.20. The summed E-state index contributed by atoms with van der Waals surface area (Å²) in [6.07, 6.45) is 3.03. The quantitative estimate of drug-likeness (QED) is 0.391. The predicted octanol–water partition coefficient (Wildman–Crippen LogP) is 2.49. The lowest BCUT2D eigenvalue weighted by molar-refractivity contribution is 0.0306. The summed E-state index contributed by atoms with van der Waals surface area (Å²) in [6.45, 7) is 6.86. The second-order valence-corrected chi connectivity index (χ2v) is 8.67. The summed E-state index contributed by atoms with van der Waals surface area (Å²) in [7, 11) is -3.73. The molecule has 27 heavy (non-hydrogen) atoms. The monoisotopic (exact) mass is 401 g/mol. The molecule has 0 unspecified atom stereocenters. The molecule has 8 heteroatoms. The number of aliphatic imine (C=N–C) groups is 1. The zero-order valence-corrected chi connectivity index (χ0v) is 17.3. The van der Waals surface area contributed by atoms with E-state index in [4.69, 9.17) is 0 Å². The average molecular weight is 402 g/mol. The van der Waals surface area contributed by atoms with Crippen LogP contribution >= 0.6 is 0 Å². The molecule has 3 N–H and O–H groups in total. The third-order valence-corrected chi connectivity index (χ3v) is 5.88. The predicted molar refractivity (Wildman–Crippen MR) is 107 cm³/mol. The van der Waals surface area contributed by atoms with Gasteiger partial charge in [0.2, 0.25) is 0 Å². The molecule has 0 saturated heterocycles. The van der Waals surface area contributed by atoms with Crippen LogP contribution in [0.15, 0.2) is 34.2 Å². The lowest BCUT2D eigenvalue weighted by Gasteiger charge is -2.26. The van der Waals surface area contributed by atoms with Crippen molar-refractivity contribution in [2.75, 3.05) is 25.4 Å². The molecular weight excluding hydrogens is 369 g/mol. The molecule has 0 aromatic heterocycles. The molecule has 0 spiro atoms. The summed E-state index contributed by atoms with van der Waals surface area (Å²) < 4.78 is 38.3. The lowest BCUT2D eigenvalue weighted by atomic mass is 9.93. The Labute approximate surface area is 162 Å². The molecule has 0 aliphatic heterocycles. The molecule has 0 bridgehead atoms. The van der Waals surface area contributed by atoms with Crippen molar-refractivity contribution >= 4 is 15.8 Å². The molecule has 0 aliphatic carbocycles. The van der Waals surface area contributed by atoms with Crippen LogP contribution in [0.1, 0.15) is 46.5 Å². The van der Waals surface area contributed by atoms with Gasteiger partial charge in [-0.3, -0.25) is 4.99 Å². The van der Waals surface area contributed by atoms with E-state index in [2.05, 4.69) is 15.6 Å². The standard InChI is InChI=1S/C19H32FN3O3S/c1-4-11-19(24,12-5-2)15-23-18(21-6-3)22-13-14-27(25,26)17-10-8-7-9-16(17)20/h7-10,24H,4-6,11-15H2,1-3H3,(H2,21,22,23). The normalized spacial score (nSPS) is 12.9. The van der Waals surface area contributed by atoms with Crippen LogP contribution in [0.5, 0.6) is 0 Å². The number of rotatable bonds is 11. The van der Waals surface area contributed by atoms with Gasteiger partial charge in [-0.1, -0.05) is 38.8 Å². The fourth-order valence-corrected chi connectivity index (χ4v) is 4.13. The topological polar surface area (TPSA) is 90.8 Å². The van der Waals surface area contributed by atoms with Gasteiger partial charge in [0.25, 0.3) is 0 Å². The van der Waals surface area contributed by atoms with Crippen LogP contribution in [-0.2, 0) is 9.84 Å². The lowest BCUT2D eigenvalue weighted by Crippen LogP contribution is -2.41. The summed E-state index contributed by atoms with van der Waals surface area (Å²) in [4.78, 5) is 4.11. The number of aliphatic hydroxyl groups is 1. The first kappa shape index (κ1) is 23.4. The van der Waals surface area contributed by atoms with Crippen LogP contribution in [0, 0.1) is 5.82 Å². The Morgan fingerprint density at radius 3 is 2.33 bits per heavy atom. The van der Waals surface area contributed by atoms with Crippen molar-refractivity contribution in [3.05, 3.63) is 30.1 Å². The summed E-state index contributed by atoms with van der Waals surface area (Å²) in [5.41, 5.74) is -0.856. The fourth-order valence-electron chi connectivity index (χ4n) is 2.89. The van der Waals surface area contributed by atoms with E-state index in [1.165, 1.54) is 18.2 Å². The van der Waals surface area contributed by atoms with Crippen LogP contribution in [-0.4, -0.2) is 50.5 Å². The highest BCUT2D eigenvalue weighted by atomic mass is 32.2. The molecule has 1 rings (SSSR count). The minimum absolute atomic E-state index is 0.0858. The van der Waals surface area contributed by atoms with Gasteiger partial charge < -0.3 is 15.7 Å². The molecular formula is C19H32FN3O3S. The van der Waals surface area contributed by atoms with Gasteiger partial charge in [0.1, 0.15) is 10.7 Å². The maximum atomic E-state index is 13.7. The second kappa shape index (κ2) is 11.2.